The van der Waals surface area contributed by atoms with E-state index in [4.69, 9.17) is 4.74 Å². The van der Waals surface area contributed by atoms with E-state index in [0.29, 0.717) is 51.1 Å². The average Bonchev–Trinajstić information content (AvgIpc) is 3.32. The first-order chi connectivity index (χ1) is 16.3. The molecule has 0 bridgehead atoms. The third kappa shape index (κ3) is 6.06. The predicted octanol–water partition coefficient (Wildman–Crippen LogP) is 4.26. The van der Waals surface area contributed by atoms with Crippen LogP contribution in [0, 0.1) is 5.92 Å². The van der Waals surface area contributed by atoms with Gasteiger partial charge >= 0.3 is 12.2 Å². The lowest BCUT2D eigenvalue weighted by Gasteiger charge is -2.35. The molecule has 1 aromatic carbocycles. The van der Waals surface area contributed by atoms with Crippen molar-refractivity contribution in [3.05, 3.63) is 29.8 Å². The highest BCUT2D eigenvalue weighted by Crippen LogP contribution is 2.31. The van der Waals surface area contributed by atoms with E-state index in [1.54, 1.807) is 6.92 Å². The van der Waals surface area contributed by atoms with Gasteiger partial charge in [0.2, 0.25) is 17.8 Å². The zero-order chi connectivity index (χ0) is 24.1. The molecule has 8 nitrogen and oxygen atoms in total. The third-order valence-corrected chi connectivity index (χ3v) is 6.18. The molecule has 34 heavy (non-hydrogen) atoms. The number of benzene rings is 1. The molecule has 1 saturated carbocycles. The summed E-state index contributed by atoms with van der Waals surface area (Å²) in [7, 11) is 0. The molecule has 1 N–H and O–H groups in total. The molecule has 1 amide bonds. The van der Waals surface area contributed by atoms with Gasteiger partial charge in [0, 0.05) is 38.3 Å². The first-order valence-corrected chi connectivity index (χ1v) is 11.7. The van der Waals surface area contributed by atoms with Crippen LogP contribution in [0.25, 0.3) is 0 Å². The van der Waals surface area contributed by atoms with E-state index < -0.39 is 11.7 Å². The van der Waals surface area contributed by atoms with E-state index in [-0.39, 0.29) is 23.6 Å². The second kappa shape index (κ2) is 10.4. The normalized spacial score (nSPS) is 17.2. The Morgan fingerprint density at radius 3 is 2.53 bits per heavy atom. The van der Waals surface area contributed by atoms with Crippen molar-refractivity contribution >= 4 is 23.5 Å². The topological polar surface area (TPSA) is 83.5 Å². The van der Waals surface area contributed by atoms with Gasteiger partial charge < -0.3 is 19.9 Å². The minimum absolute atomic E-state index is 0.0849. The first kappa shape index (κ1) is 24.0. The average molecular weight is 479 g/mol. The van der Waals surface area contributed by atoms with Crippen molar-refractivity contribution in [3.63, 3.8) is 0 Å². The highest BCUT2D eigenvalue weighted by molar-refractivity contribution is 5.76. The van der Waals surface area contributed by atoms with Gasteiger partial charge in [0.15, 0.2) is 0 Å². The molecule has 1 saturated heterocycles. The summed E-state index contributed by atoms with van der Waals surface area (Å²) in [5.41, 5.74) is -0.563. The van der Waals surface area contributed by atoms with Crippen LogP contribution in [0.3, 0.4) is 0 Å². The summed E-state index contributed by atoms with van der Waals surface area (Å²) in [6, 6.07) is 4.91. The minimum atomic E-state index is -4.45. The number of hydrogen-bond acceptors (Lipinski definition) is 7. The Morgan fingerprint density at radius 2 is 1.85 bits per heavy atom. The van der Waals surface area contributed by atoms with E-state index in [0.717, 1.165) is 25.0 Å². The van der Waals surface area contributed by atoms with Crippen LogP contribution >= 0.6 is 0 Å². The van der Waals surface area contributed by atoms with Crippen molar-refractivity contribution in [2.24, 2.45) is 5.92 Å². The number of carbonyl (C=O) groups is 1. The molecule has 0 spiro atoms. The smallest absolute Gasteiger partial charge is 0.416 e. The summed E-state index contributed by atoms with van der Waals surface area (Å²) in [5.74, 6) is 1.15. The van der Waals surface area contributed by atoms with Gasteiger partial charge in [-0.05, 0) is 43.9 Å². The van der Waals surface area contributed by atoms with Crippen molar-refractivity contribution in [2.45, 2.75) is 45.2 Å². The summed E-state index contributed by atoms with van der Waals surface area (Å²) < 4.78 is 44.6. The molecule has 0 radical (unpaired) electrons. The van der Waals surface area contributed by atoms with Gasteiger partial charge in [0.25, 0.3) is 0 Å². The van der Waals surface area contributed by atoms with Crippen LogP contribution in [0.2, 0.25) is 0 Å². The van der Waals surface area contributed by atoms with Crippen molar-refractivity contribution in [1.82, 2.24) is 19.9 Å². The molecule has 1 aliphatic carbocycles. The van der Waals surface area contributed by atoms with Gasteiger partial charge in [-0.2, -0.15) is 28.1 Å². The standard InChI is InChI=1S/C23H29F3N6O2/c1-2-34-22-29-20(27-18-9-5-8-17(15-18)23(24,25)26)28-21(30-22)32-12-10-31(11-13-32)19(33)14-16-6-3-4-7-16/h5,8-9,15-16H,2-4,6-7,10-14H2,1H3,(H,27,28,29,30). The second-order valence-electron chi connectivity index (χ2n) is 8.60. The number of nitrogens with zero attached hydrogens (tertiary/aromatic N) is 5. The SMILES string of the molecule is CCOc1nc(Nc2cccc(C(F)(F)F)c2)nc(N2CCN(C(=O)CC3CCCC3)CC2)n1. The predicted molar refractivity (Wildman–Crippen MR) is 121 cm³/mol. The maximum atomic E-state index is 13.1. The molecule has 2 aliphatic rings. The van der Waals surface area contributed by atoms with E-state index in [1.807, 2.05) is 9.80 Å². The number of anilines is 3. The lowest BCUT2D eigenvalue weighted by molar-refractivity contribution is -0.137. The van der Waals surface area contributed by atoms with Crippen LogP contribution in [0.1, 0.15) is 44.6 Å². The fraction of sp³-hybridized carbons (Fsp3) is 0.565. The lowest BCUT2D eigenvalue weighted by Crippen LogP contribution is -2.49. The summed E-state index contributed by atoms with van der Waals surface area (Å²) in [6.07, 6.45) is 0.865. The molecule has 0 unspecified atom stereocenters. The van der Waals surface area contributed by atoms with Crippen LogP contribution in [0.15, 0.2) is 24.3 Å². The Bertz CT molecular complexity index is 989. The second-order valence-corrected chi connectivity index (χ2v) is 8.60. The Balaban J connectivity index is 1.44. The van der Waals surface area contributed by atoms with Gasteiger partial charge in [-0.1, -0.05) is 18.9 Å². The van der Waals surface area contributed by atoms with E-state index in [9.17, 15) is 18.0 Å². The molecule has 2 aromatic rings. The Morgan fingerprint density at radius 1 is 1.12 bits per heavy atom. The molecule has 4 rings (SSSR count). The number of piperazine rings is 1. The van der Waals surface area contributed by atoms with Crippen molar-refractivity contribution in [1.29, 1.82) is 0 Å². The summed E-state index contributed by atoms with van der Waals surface area (Å²) in [5, 5.41) is 2.83. The highest BCUT2D eigenvalue weighted by atomic mass is 19.4. The van der Waals surface area contributed by atoms with Gasteiger partial charge in [0.05, 0.1) is 12.2 Å². The first-order valence-electron chi connectivity index (χ1n) is 11.7. The summed E-state index contributed by atoms with van der Waals surface area (Å²) in [6.45, 7) is 4.35. The van der Waals surface area contributed by atoms with Crippen LogP contribution in [0.5, 0.6) is 6.01 Å². The van der Waals surface area contributed by atoms with Crippen LogP contribution < -0.4 is 15.0 Å². The van der Waals surface area contributed by atoms with Gasteiger partial charge in [-0.15, -0.1) is 0 Å². The van der Waals surface area contributed by atoms with Crippen LogP contribution in [-0.4, -0.2) is 58.5 Å². The number of hydrogen-bond donors (Lipinski definition) is 1. The van der Waals surface area contributed by atoms with Gasteiger partial charge in [-0.25, -0.2) is 0 Å². The number of halogens is 3. The molecule has 184 valence electrons. The molecule has 1 aliphatic heterocycles. The quantitative estimate of drug-likeness (QED) is 0.637. The van der Waals surface area contributed by atoms with Crippen molar-refractivity contribution in [3.8, 4) is 6.01 Å². The van der Waals surface area contributed by atoms with Crippen molar-refractivity contribution in [2.75, 3.05) is 43.0 Å². The molecular weight excluding hydrogens is 449 g/mol. The minimum Gasteiger partial charge on any atom is -0.464 e. The van der Waals surface area contributed by atoms with E-state index in [2.05, 4.69) is 20.3 Å². The third-order valence-electron chi connectivity index (χ3n) is 6.18. The molecule has 11 heteroatoms. The molecule has 2 heterocycles. The number of amides is 1. The molecular formula is C23H29F3N6O2. The Kier molecular flexibility index (Phi) is 7.38. The fourth-order valence-corrected chi connectivity index (χ4v) is 4.39. The Labute approximate surface area is 196 Å². The van der Waals surface area contributed by atoms with E-state index in [1.165, 1.54) is 25.0 Å². The number of ether oxygens (including phenoxy) is 1. The maximum absolute atomic E-state index is 13.1. The van der Waals surface area contributed by atoms with Crippen LogP contribution in [0.4, 0.5) is 30.8 Å². The number of rotatable bonds is 7. The number of nitrogens with one attached hydrogen (secondary N) is 1. The maximum Gasteiger partial charge on any atom is 0.416 e. The fourth-order valence-electron chi connectivity index (χ4n) is 4.39. The molecule has 0 atom stereocenters. The monoisotopic (exact) mass is 478 g/mol. The zero-order valence-electron chi connectivity index (χ0n) is 19.1. The molecule has 1 aromatic heterocycles. The van der Waals surface area contributed by atoms with Crippen LogP contribution in [-0.2, 0) is 11.0 Å². The summed E-state index contributed by atoms with van der Waals surface area (Å²) in [4.78, 5) is 29.4. The van der Waals surface area contributed by atoms with E-state index >= 15 is 0 Å². The Hall–Kier alpha value is -3.11. The number of carbonyl (C=O) groups excluding carboxylic acids is 1. The van der Waals surface area contributed by atoms with Gasteiger partial charge in [0.1, 0.15) is 0 Å². The zero-order valence-corrected chi connectivity index (χ0v) is 19.1. The lowest BCUT2D eigenvalue weighted by atomic mass is 10.0. The van der Waals surface area contributed by atoms with Gasteiger partial charge in [-0.3, -0.25) is 4.79 Å². The largest absolute Gasteiger partial charge is 0.464 e. The molecule has 2 fully saturated rings. The highest BCUT2D eigenvalue weighted by Gasteiger charge is 2.30. The summed E-state index contributed by atoms with van der Waals surface area (Å²) >= 11 is 0. The van der Waals surface area contributed by atoms with Crippen molar-refractivity contribution < 1.29 is 22.7 Å². The number of aromatic nitrogens is 3. The number of alkyl halides is 3.